The summed E-state index contributed by atoms with van der Waals surface area (Å²) in [6.07, 6.45) is 3.11. The molecule has 0 aliphatic carbocycles. The lowest BCUT2D eigenvalue weighted by atomic mass is 10.1. The summed E-state index contributed by atoms with van der Waals surface area (Å²) >= 11 is 0. The molecule has 0 aromatic heterocycles. The molecule has 118 valence electrons. The first-order valence-corrected chi connectivity index (χ1v) is 7.27. The third-order valence-electron chi connectivity index (χ3n) is 3.55. The maximum atomic E-state index is 13.6. The summed E-state index contributed by atoms with van der Waals surface area (Å²) in [5.41, 5.74) is 1.41. The molecule has 5 heteroatoms. The van der Waals surface area contributed by atoms with Gasteiger partial charge in [0.05, 0.1) is 6.54 Å². The molecule has 1 unspecified atom stereocenters. The summed E-state index contributed by atoms with van der Waals surface area (Å²) in [5, 5.41) is 2.70. The van der Waals surface area contributed by atoms with Gasteiger partial charge in [0.25, 0.3) is 0 Å². The summed E-state index contributed by atoms with van der Waals surface area (Å²) in [6.45, 7) is 0.230. The second kappa shape index (κ2) is 6.60. The molecule has 0 saturated heterocycles. The highest BCUT2D eigenvalue weighted by Crippen LogP contribution is 2.32. The number of nitrogens with one attached hydrogen (secondary N) is 1. The number of fused-ring (bicyclic) bond motifs is 1. The van der Waals surface area contributed by atoms with Crippen LogP contribution in [-0.4, -0.2) is 18.6 Å². The number of rotatable bonds is 4. The van der Waals surface area contributed by atoms with Crippen LogP contribution in [0.3, 0.4) is 0 Å². The highest BCUT2D eigenvalue weighted by molar-refractivity contribution is 5.91. The van der Waals surface area contributed by atoms with Crippen molar-refractivity contribution in [1.82, 2.24) is 5.32 Å². The third-order valence-corrected chi connectivity index (χ3v) is 3.55. The van der Waals surface area contributed by atoms with E-state index in [4.69, 9.17) is 4.74 Å². The van der Waals surface area contributed by atoms with E-state index >= 15 is 0 Å². The molecular weight excluding hydrogens is 300 g/mol. The van der Waals surface area contributed by atoms with Crippen molar-refractivity contribution in [2.24, 2.45) is 0 Å². The predicted octanol–water partition coefficient (Wildman–Crippen LogP) is 3.10. The van der Waals surface area contributed by atoms with E-state index in [1.165, 1.54) is 12.1 Å². The van der Waals surface area contributed by atoms with Crippen molar-refractivity contribution < 1.29 is 18.3 Å². The van der Waals surface area contributed by atoms with Crippen LogP contribution in [0.5, 0.6) is 5.75 Å². The van der Waals surface area contributed by atoms with Gasteiger partial charge in [0.15, 0.2) is 11.6 Å². The molecule has 23 heavy (non-hydrogen) atoms. The predicted molar refractivity (Wildman–Crippen MR) is 83.0 cm³/mol. The Morgan fingerprint density at radius 2 is 2.04 bits per heavy atom. The van der Waals surface area contributed by atoms with Crippen LogP contribution in [0.2, 0.25) is 0 Å². The molecule has 1 aliphatic heterocycles. The number of hydrogen-bond acceptors (Lipinski definition) is 2. The highest BCUT2D eigenvalue weighted by Gasteiger charge is 2.26. The first-order valence-electron chi connectivity index (χ1n) is 7.27. The Hall–Kier alpha value is -2.69. The van der Waals surface area contributed by atoms with Crippen LogP contribution in [-0.2, 0) is 11.2 Å². The van der Waals surface area contributed by atoms with E-state index in [0.717, 1.165) is 11.6 Å². The quantitative estimate of drug-likeness (QED) is 0.881. The minimum Gasteiger partial charge on any atom is -0.485 e. The van der Waals surface area contributed by atoms with Gasteiger partial charge < -0.3 is 10.1 Å². The fourth-order valence-corrected chi connectivity index (χ4v) is 2.47. The number of halogens is 2. The smallest absolute Gasteiger partial charge is 0.244 e. The van der Waals surface area contributed by atoms with Crippen molar-refractivity contribution in [3.8, 4) is 5.75 Å². The van der Waals surface area contributed by atoms with Crippen molar-refractivity contribution in [3.05, 3.63) is 71.3 Å². The fourth-order valence-electron chi connectivity index (χ4n) is 2.47. The lowest BCUT2D eigenvalue weighted by Gasteiger charge is -2.10. The highest BCUT2D eigenvalue weighted by atomic mass is 19.1. The largest absolute Gasteiger partial charge is 0.485 e. The molecule has 1 amide bonds. The Bertz CT molecular complexity index is 744. The Morgan fingerprint density at radius 1 is 1.26 bits per heavy atom. The Labute approximate surface area is 132 Å². The third kappa shape index (κ3) is 3.74. The zero-order chi connectivity index (χ0) is 16.2. The Kier molecular flexibility index (Phi) is 4.37. The molecule has 1 atom stereocenters. The lowest BCUT2D eigenvalue weighted by molar-refractivity contribution is -0.116. The van der Waals surface area contributed by atoms with Crippen LogP contribution < -0.4 is 10.1 Å². The Morgan fingerprint density at radius 3 is 2.83 bits per heavy atom. The van der Waals surface area contributed by atoms with Gasteiger partial charge in [-0.1, -0.05) is 30.3 Å². The normalized spacial score (nSPS) is 16.2. The molecule has 2 aromatic rings. The molecule has 0 bridgehead atoms. The summed E-state index contributed by atoms with van der Waals surface area (Å²) in [4.78, 5) is 11.8. The molecular formula is C18H15F2NO2. The molecule has 1 N–H and O–H groups in total. The van der Waals surface area contributed by atoms with Crippen LogP contribution in [0.1, 0.15) is 11.1 Å². The molecule has 0 radical (unpaired) electrons. The van der Waals surface area contributed by atoms with Crippen LogP contribution in [0.4, 0.5) is 8.78 Å². The fraction of sp³-hybridized carbons (Fsp3) is 0.167. The van der Waals surface area contributed by atoms with Gasteiger partial charge in [-0.2, -0.15) is 0 Å². The van der Waals surface area contributed by atoms with Crippen molar-refractivity contribution in [2.75, 3.05) is 6.54 Å². The number of hydrogen-bond donors (Lipinski definition) is 1. The van der Waals surface area contributed by atoms with Crippen LogP contribution in [0.15, 0.2) is 48.5 Å². The first kappa shape index (κ1) is 15.2. The number of carbonyl (C=O) groups excluding carboxylic acids is 1. The summed E-state index contributed by atoms with van der Waals surface area (Å²) < 4.78 is 32.1. The van der Waals surface area contributed by atoms with Crippen molar-refractivity contribution in [2.45, 2.75) is 12.5 Å². The van der Waals surface area contributed by atoms with Crippen molar-refractivity contribution in [1.29, 1.82) is 0 Å². The van der Waals surface area contributed by atoms with Gasteiger partial charge in [0, 0.05) is 24.1 Å². The van der Waals surface area contributed by atoms with Gasteiger partial charge in [-0.3, -0.25) is 4.79 Å². The van der Waals surface area contributed by atoms with Crippen molar-refractivity contribution >= 4 is 12.0 Å². The first-order chi connectivity index (χ1) is 11.1. The van der Waals surface area contributed by atoms with E-state index in [9.17, 15) is 13.6 Å². The second-order valence-corrected chi connectivity index (χ2v) is 5.31. The molecule has 2 aromatic carbocycles. The summed E-state index contributed by atoms with van der Waals surface area (Å²) in [7, 11) is 0. The summed E-state index contributed by atoms with van der Waals surface area (Å²) in [5.74, 6) is -1.52. The van der Waals surface area contributed by atoms with Gasteiger partial charge in [0.2, 0.25) is 5.91 Å². The molecule has 0 spiro atoms. The Balaban J connectivity index is 1.53. The average Bonchev–Trinajstić information content (AvgIpc) is 2.95. The average molecular weight is 315 g/mol. The zero-order valence-corrected chi connectivity index (χ0v) is 12.3. The molecule has 3 nitrogen and oxygen atoms in total. The van der Waals surface area contributed by atoms with Crippen molar-refractivity contribution in [3.63, 3.8) is 0 Å². The van der Waals surface area contributed by atoms with Gasteiger partial charge in [-0.25, -0.2) is 8.78 Å². The minimum absolute atomic E-state index is 0.0745. The second-order valence-electron chi connectivity index (χ2n) is 5.31. The maximum Gasteiger partial charge on any atom is 0.244 e. The molecule has 0 fully saturated rings. The maximum absolute atomic E-state index is 13.6. The van der Waals surface area contributed by atoms with Gasteiger partial charge >= 0.3 is 0 Å². The standard InChI is InChI=1S/C18H15F2NO2/c19-14-8-13-9-15(23-18(13)16(20)10-14)11-21-17(22)7-6-12-4-2-1-3-5-12/h1-8,10,15H,9,11H2,(H,21,22)/b7-6+. The van der Waals surface area contributed by atoms with E-state index in [0.29, 0.717) is 12.0 Å². The SMILES string of the molecule is O=C(/C=C/c1ccccc1)NCC1Cc2cc(F)cc(F)c2O1. The molecule has 1 aliphatic rings. The monoisotopic (exact) mass is 315 g/mol. The topological polar surface area (TPSA) is 38.3 Å². The minimum atomic E-state index is -0.710. The number of benzene rings is 2. The van der Waals surface area contributed by atoms with E-state index < -0.39 is 17.7 Å². The van der Waals surface area contributed by atoms with E-state index in [-0.39, 0.29) is 18.2 Å². The van der Waals surface area contributed by atoms with Crippen LogP contribution in [0, 0.1) is 11.6 Å². The van der Waals surface area contributed by atoms with E-state index in [1.54, 1.807) is 6.08 Å². The number of amides is 1. The lowest BCUT2D eigenvalue weighted by Crippen LogP contribution is -2.33. The zero-order valence-electron chi connectivity index (χ0n) is 12.3. The number of ether oxygens (including phenoxy) is 1. The van der Waals surface area contributed by atoms with Gasteiger partial charge in [0.1, 0.15) is 11.9 Å². The van der Waals surface area contributed by atoms with Crippen LogP contribution >= 0.6 is 0 Å². The molecule has 3 rings (SSSR count). The van der Waals surface area contributed by atoms with Crippen LogP contribution in [0.25, 0.3) is 6.08 Å². The summed E-state index contributed by atoms with van der Waals surface area (Å²) in [6, 6.07) is 11.5. The van der Waals surface area contributed by atoms with Gasteiger partial charge in [-0.15, -0.1) is 0 Å². The van der Waals surface area contributed by atoms with E-state index in [1.807, 2.05) is 30.3 Å². The number of carbonyl (C=O) groups is 1. The van der Waals surface area contributed by atoms with Gasteiger partial charge in [-0.05, 0) is 17.7 Å². The van der Waals surface area contributed by atoms with E-state index in [2.05, 4.69) is 5.32 Å². The molecule has 0 saturated carbocycles. The molecule has 1 heterocycles.